The Balaban J connectivity index is 1.94. The van der Waals surface area contributed by atoms with Crippen LogP contribution in [0, 0.1) is 18.3 Å². The second-order valence-electron chi connectivity index (χ2n) is 6.47. The van der Waals surface area contributed by atoms with Crippen LogP contribution in [-0.4, -0.2) is 23.6 Å². The van der Waals surface area contributed by atoms with Crippen LogP contribution in [0.5, 0.6) is 0 Å². The number of nitrogens with zero attached hydrogens (tertiary/aromatic N) is 1. The molecule has 2 heterocycles. The van der Waals surface area contributed by atoms with Crippen molar-refractivity contribution < 1.29 is 4.79 Å². The number of carbonyl (C=O) groups is 1. The number of aryl methyl sites for hydroxylation is 1. The third-order valence-corrected chi connectivity index (χ3v) is 4.81. The van der Waals surface area contributed by atoms with Crippen molar-refractivity contribution in [2.75, 3.05) is 13.1 Å². The Labute approximate surface area is 121 Å². The lowest BCUT2D eigenvalue weighted by Gasteiger charge is -2.36. The third-order valence-electron chi connectivity index (χ3n) is 4.81. The molecule has 0 spiro atoms. The van der Waals surface area contributed by atoms with Gasteiger partial charge in [-0.25, -0.2) is 0 Å². The van der Waals surface area contributed by atoms with E-state index in [0.717, 1.165) is 25.2 Å². The molecule has 4 nitrogen and oxygen atoms in total. The molecule has 1 unspecified atom stereocenters. The lowest BCUT2D eigenvalue weighted by molar-refractivity contribution is -0.132. The maximum atomic E-state index is 12.5. The van der Waals surface area contributed by atoms with Crippen LogP contribution in [0.4, 0.5) is 0 Å². The molecule has 0 aromatic carbocycles. The molecule has 1 fully saturated rings. The second kappa shape index (κ2) is 6.00. The molecule has 1 aliphatic rings. The minimum atomic E-state index is -0.312. The van der Waals surface area contributed by atoms with Crippen LogP contribution < -0.4 is 10.6 Å². The van der Waals surface area contributed by atoms with Crippen molar-refractivity contribution in [1.82, 2.24) is 15.2 Å². The van der Waals surface area contributed by atoms with Gasteiger partial charge in [-0.15, -0.1) is 0 Å². The molecule has 0 bridgehead atoms. The van der Waals surface area contributed by atoms with Crippen molar-refractivity contribution in [2.24, 2.45) is 18.4 Å². The molecule has 0 radical (unpaired) electrons. The zero-order valence-corrected chi connectivity index (χ0v) is 13.1. The Hall–Kier alpha value is -1.29. The fourth-order valence-electron chi connectivity index (χ4n) is 2.90. The summed E-state index contributed by atoms with van der Waals surface area (Å²) in [5, 5.41) is 6.50. The van der Waals surface area contributed by atoms with Crippen LogP contribution in [-0.2, 0) is 18.4 Å². The van der Waals surface area contributed by atoms with Crippen LogP contribution in [0.25, 0.3) is 0 Å². The number of hydrogen-bond donors (Lipinski definition) is 2. The highest BCUT2D eigenvalue weighted by atomic mass is 16.2. The number of piperidine rings is 1. The molecule has 1 saturated heterocycles. The Bertz CT molecular complexity index is 470. The van der Waals surface area contributed by atoms with Gasteiger partial charge in [0.05, 0.1) is 6.54 Å². The Morgan fingerprint density at radius 3 is 2.80 bits per heavy atom. The van der Waals surface area contributed by atoms with Gasteiger partial charge in [-0.3, -0.25) is 4.79 Å². The number of rotatable bonds is 4. The summed E-state index contributed by atoms with van der Waals surface area (Å²) in [5.41, 5.74) is 2.05. The third kappa shape index (κ3) is 3.06. The van der Waals surface area contributed by atoms with Gasteiger partial charge in [-0.1, -0.05) is 13.8 Å². The van der Waals surface area contributed by atoms with Gasteiger partial charge < -0.3 is 15.2 Å². The van der Waals surface area contributed by atoms with Gasteiger partial charge in [-0.2, -0.15) is 0 Å². The largest absolute Gasteiger partial charge is 0.350 e. The first-order valence-corrected chi connectivity index (χ1v) is 7.53. The van der Waals surface area contributed by atoms with Gasteiger partial charge in [0.1, 0.15) is 0 Å². The van der Waals surface area contributed by atoms with Crippen LogP contribution in [0.3, 0.4) is 0 Å². The number of aromatic nitrogens is 1. The van der Waals surface area contributed by atoms with Crippen molar-refractivity contribution >= 4 is 5.91 Å². The average Bonchev–Trinajstić information content (AvgIpc) is 2.77. The predicted octanol–water partition coefficient (Wildman–Crippen LogP) is 1.98. The van der Waals surface area contributed by atoms with E-state index < -0.39 is 0 Å². The first-order valence-electron chi connectivity index (χ1n) is 7.53. The molecule has 1 amide bonds. The van der Waals surface area contributed by atoms with Gasteiger partial charge >= 0.3 is 0 Å². The topological polar surface area (TPSA) is 46.1 Å². The van der Waals surface area contributed by atoms with E-state index in [4.69, 9.17) is 0 Å². The summed E-state index contributed by atoms with van der Waals surface area (Å²) in [6.07, 6.45) is 2.30. The van der Waals surface area contributed by atoms with E-state index >= 15 is 0 Å². The van der Waals surface area contributed by atoms with E-state index in [0.29, 0.717) is 12.5 Å². The van der Waals surface area contributed by atoms with Gasteiger partial charge in [0.2, 0.25) is 5.91 Å². The second-order valence-corrected chi connectivity index (χ2v) is 6.47. The number of carbonyl (C=O) groups excluding carboxylic acids is 1. The first-order chi connectivity index (χ1) is 9.43. The number of hydrogen-bond acceptors (Lipinski definition) is 2. The monoisotopic (exact) mass is 277 g/mol. The van der Waals surface area contributed by atoms with E-state index in [1.807, 2.05) is 7.05 Å². The van der Waals surface area contributed by atoms with Gasteiger partial charge in [0.15, 0.2) is 0 Å². The van der Waals surface area contributed by atoms with E-state index in [-0.39, 0.29) is 11.3 Å². The molecule has 1 aromatic heterocycles. The molecule has 20 heavy (non-hydrogen) atoms. The van der Waals surface area contributed by atoms with Crippen molar-refractivity contribution in [3.63, 3.8) is 0 Å². The molecule has 0 aliphatic carbocycles. The molecule has 2 rings (SSSR count). The highest BCUT2D eigenvalue weighted by molar-refractivity contribution is 5.82. The lowest BCUT2D eigenvalue weighted by Crippen LogP contribution is -2.47. The Morgan fingerprint density at radius 1 is 1.50 bits per heavy atom. The van der Waals surface area contributed by atoms with Crippen LogP contribution in [0.15, 0.2) is 12.1 Å². The van der Waals surface area contributed by atoms with Crippen molar-refractivity contribution in [2.45, 2.75) is 40.2 Å². The maximum absolute atomic E-state index is 12.5. The Kier molecular flexibility index (Phi) is 4.53. The maximum Gasteiger partial charge on any atom is 0.226 e. The van der Waals surface area contributed by atoms with Crippen LogP contribution in [0.1, 0.15) is 38.1 Å². The number of amides is 1. The summed E-state index contributed by atoms with van der Waals surface area (Å²) in [6, 6.07) is 4.16. The summed E-state index contributed by atoms with van der Waals surface area (Å²) in [5.74, 6) is 0.580. The molecule has 112 valence electrons. The SMILES string of the molecule is Cc1ccc(CNC(=O)C(C)(C)C2CCCNC2)n1C. The fraction of sp³-hybridized carbons (Fsp3) is 0.688. The van der Waals surface area contributed by atoms with Crippen molar-refractivity contribution in [3.05, 3.63) is 23.5 Å². The minimum absolute atomic E-state index is 0.157. The van der Waals surface area contributed by atoms with Gasteiger partial charge in [0, 0.05) is 23.9 Å². The summed E-state index contributed by atoms with van der Waals surface area (Å²) in [7, 11) is 2.03. The quantitative estimate of drug-likeness (QED) is 0.884. The standard InChI is InChI=1S/C16H27N3O/c1-12-7-8-14(19(12)4)11-18-15(20)16(2,3)13-6-5-9-17-10-13/h7-8,13,17H,5-6,9-11H2,1-4H3,(H,18,20). The minimum Gasteiger partial charge on any atom is -0.350 e. The molecule has 2 N–H and O–H groups in total. The molecule has 1 atom stereocenters. The van der Waals surface area contributed by atoms with Crippen molar-refractivity contribution in [1.29, 1.82) is 0 Å². The fourth-order valence-corrected chi connectivity index (χ4v) is 2.90. The summed E-state index contributed by atoms with van der Waals surface area (Å²) in [4.78, 5) is 12.5. The Morgan fingerprint density at radius 2 is 2.25 bits per heavy atom. The molecule has 1 aliphatic heterocycles. The summed E-state index contributed by atoms with van der Waals surface area (Å²) in [6.45, 7) is 8.84. The van der Waals surface area contributed by atoms with E-state index in [2.05, 4.69) is 48.1 Å². The highest BCUT2D eigenvalue weighted by Crippen LogP contribution is 2.32. The lowest BCUT2D eigenvalue weighted by atomic mass is 9.74. The zero-order chi connectivity index (χ0) is 14.8. The summed E-state index contributed by atoms with van der Waals surface area (Å²) < 4.78 is 2.12. The molecule has 1 aromatic rings. The predicted molar refractivity (Wildman–Crippen MR) is 81.4 cm³/mol. The van der Waals surface area contributed by atoms with E-state index in [1.54, 1.807) is 0 Å². The zero-order valence-electron chi connectivity index (χ0n) is 13.1. The van der Waals surface area contributed by atoms with E-state index in [9.17, 15) is 4.79 Å². The van der Waals surface area contributed by atoms with Gasteiger partial charge in [-0.05, 0) is 50.9 Å². The first kappa shape index (κ1) is 15.1. The van der Waals surface area contributed by atoms with Crippen LogP contribution >= 0.6 is 0 Å². The highest BCUT2D eigenvalue weighted by Gasteiger charge is 2.37. The normalized spacial score (nSPS) is 19.9. The molecule has 0 saturated carbocycles. The van der Waals surface area contributed by atoms with Crippen molar-refractivity contribution in [3.8, 4) is 0 Å². The van der Waals surface area contributed by atoms with Crippen LogP contribution in [0.2, 0.25) is 0 Å². The summed E-state index contributed by atoms with van der Waals surface area (Å²) >= 11 is 0. The average molecular weight is 277 g/mol. The molecular formula is C16H27N3O. The molecular weight excluding hydrogens is 250 g/mol. The van der Waals surface area contributed by atoms with E-state index in [1.165, 1.54) is 12.1 Å². The molecule has 4 heteroatoms. The smallest absolute Gasteiger partial charge is 0.226 e. The number of nitrogens with one attached hydrogen (secondary N) is 2. The van der Waals surface area contributed by atoms with Gasteiger partial charge in [0.25, 0.3) is 0 Å².